The van der Waals surface area contributed by atoms with Crippen molar-refractivity contribution in [3.05, 3.63) is 16.5 Å². The van der Waals surface area contributed by atoms with E-state index in [-0.39, 0.29) is 0 Å². The predicted octanol–water partition coefficient (Wildman–Crippen LogP) is 4.35. The molecular weight excluding hydrogens is 290 g/mol. The van der Waals surface area contributed by atoms with E-state index in [2.05, 4.69) is 45.1 Å². The Morgan fingerprint density at radius 3 is 2.94 bits per heavy atom. The average Bonchev–Trinajstić information content (AvgIpc) is 2.41. The molecule has 18 heavy (non-hydrogen) atoms. The molecule has 1 aliphatic carbocycles. The van der Waals surface area contributed by atoms with Crippen molar-refractivity contribution in [2.45, 2.75) is 51.9 Å². The number of aromatic nitrogens is 2. The van der Waals surface area contributed by atoms with Gasteiger partial charge >= 0.3 is 0 Å². The van der Waals surface area contributed by atoms with E-state index in [1.807, 2.05) is 6.20 Å². The number of hydrogen-bond acceptors (Lipinski definition) is 3. The van der Waals surface area contributed by atoms with E-state index in [1.165, 1.54) is 32.1 Å². The summed E-state index contributed by atoms with van der Waals surface area (Å²) >= 11 is 3.49. The molecule has 1 fully saturated rings. The number of rotatable bonds is 4. The summed E-state index contributed by atoms with van der Waals surface area (Å²) in [4.78, 5) is 9.20. The van der Waals surface area contributed by atoms with Gasteiger partial charge in [0.15, 0.2) is 0 Å². The largest absolute Gasteiger partial charge is 0.369 e. The normalized spacial score (nSPS) is 23.9. The van der Waals surface area contributed by atoms with Gasteiger partial charge in [-0.3, -0.25) is 0 Å². The van der Waals surface area contributed by atoms with E-state index in [4.69, 9.17) is 0 Å². The molecule has 2 atom stereocenters. The number of halogens is 1. The molecule has 2 unspecified atom stereocenters. The summed E-state index contributed by atoms with van der Waals surface area (Å²) in [5.74, 6) is 3.36. The molecule has 0 saturated heterocycles. The van der Waals surface area contributed by atoms with E-state index in [0.717, 1.165) is 28.6 Å². The van der Waals surface area contributed by atoms with Crippen molar-refractivity contribution in [3.8, 4) is 0 Å². The van der Waals surface area contributed by atoms with E-state index < -0.39 is 0 Å². The summed E-state index contributed by atoms with van der Waals surface area (Å²) in [6.45, 7) is 5.26. The molecule has 0 radical (unpaired) electrons. The minimum Gasteiger partial charge on any atom is -0.369 e. The van der Waals surface area contributed by atoms with Crippen LogP contribution in [0.3, 0.4) is 0 Å². The van der Waals surface area contributed by atoms with Gasteiger partial charge in [0.25, 0.3) is 0 Å². The highest BCUT2D eigenvalue weighted by atomic mass is 79.9. The summed E-state index contributed by atoms with van der Waals surface area (Å²) in [5.41, 5.74) is 0. The van der Waals surface area contributed by atoms with Crippen molar-refractivity contribution in [2.24, 2.45) is 5.92 Å². The molecule has 1 aromatic rings. The van der Waals surface area contributed by atoms with Crippen LogP contribution in [0, 0.1) is 5.92 Å². The van der Waals surface area contributed by atoms with Crippen LogP contribution in [-0.2, 0) is 0 Å². The van der Waals surface area contributed by atoms with E-state index in [1.54, 1.807) is 0 Å². The second kappa shape index (κ2) is 6.50. The van der Waals surface area contributed by atoms with Crippen LogP contribution in [0.5, 0.6) is 0 Å². The molecule has 100 valence electrons. The minimum absolute atomic E-state index is 0.550. The molecular formula is C14H22BrN3. The van der Waals surface area contributed by atoms with Gasteiger partial charge in [-0.05, 0) is 41.6 Å². The second-order valence-electron chi connectivity index (χ2n) is 5.09. The summed E-state index contributed by atoms with van der Waals surface area (Å²) in [7, 11) is 0. The summed E-state index contributed by atoms with van der Waals surface area (Å²) < 4.78 is 0.955. The monoisotopic (exact) mass is 311 g/mol. The third-order valence-corrected chi connectivity index (χ3v) is 4.41. The van der Waals surface area contributed by atoms with E-state index >= 15 is 0 Å². The van der Waals surface area contributed by atoms with Crippen molar-refractivity contribution >= 4 is 21.7 Å². The van der Waals surface area contributed by atoms with Crippen LogP contribution in [0.1, 0.15) is 57.7 Å². The molecule has 4 heteroatoms. The molecule has 1 aliphatic rings. The highest BCUT2D eigenvalue weighted by Gasteiger charge is 2.24. The quantitative estimate of drug-likeness (QED) is 0.898. The minimum atomic E-state index is 0.550. The molecule has 0 amide bonds. The second-order valence-corrected chi connectivity index (χ2v) is 5.95. The number of hydrogen-bond donors (Lipinski definition) is 1. The van der Waals surface area contributed by atoms with Crippen LogP contribution in [0.2, 0.25) is 0 Å². The summed E-state index contributed by atoms with van der Waals surface area (Å²) in [5, 5.41) is 3.28. The lowest BCUT2D eigenvalue weighted by molar-refractivity contribution is 0.307. The molecule has 1 aromatic heterocycles. The maximum absolute atomic E-state index is 4.69. The lowest BCUT2D eigenvalue weighted by Gasteiger charge is -2.27. The SMILES string of the molecule is CCNc1nc(C2CCCC(CC)C2)ncc1Br. The van der Waals surface area contributed by atoms with Crippen molar-refractivity contribution in [1.82, 2.24) is 9.97 Å². The Morgan fingerprint density at radius 1 is 1.39 bits per heavy atom. The zero-order valence-corrected chi connectivity index (χ0v) is 12.8. The first-order valence-corrected chi connectivity index (χ1v) is 7.80. The third kappa shape index (κ3) is 3.22. The van der Waals surface area contributed by atoms with Crippen molar-refractivity contribution in [2.75, 3.05) is 11.9 Å². The molecule has 1 heterocycles. The summed E-state index contributed by atoms with van der Waals surface area (Å²) in [6, 6.07) is 0. The van der Waals surface area contributed by atoms with Crippen molar-refractivity contribution in [1.29, 1.82) is 0 Å². The first-order valence-electron chi connectivity index (χ1n) is 7.00. The topological polar surface area (TPSA) is 37.8 Å². The van der Waals surface area contributed by atoms with Gasteiger partial charge in [0, 0.05) is 18.7 Å². The fourth-order valence-corrected chi connectivity index (χ4v) is 3.10. The Hall–Kier alpha value is -0.640. The zero-order valence-electron chi connectivity index (χ0n) is 11.2. The highest BCUT2D eigenvalue weighted by molar-refractivity contribution is 9.10. The molecule has 2 rings (SSSR count). The standard InChI is InChI=1S/C14H22BrN3/c1-3-10-6-5-7-11(8-10)13-17-9-12(15)14(18-13)16-4-2/h9-11H,3-8H2,1-2H3,(H,16,17,18). The molecule has 0 aromatic carbocycles. The summed E-state index contributed by atoms with van der Waals surface area (Å²) in [6.07, 6.45) is 8.36. The molecule has 0 aliphatic heterocycles. The van der Waals surface area contributed by atoms with Crippen molar-refractivity contribution in [3.63, 3.8) is 0 Å². The predicted molar refractivity (Wildman–Crippen MR) is 78.9 cm³/mol. The van der Waals surface area contributed by atoms with Gasteiger partial charge in [-0.25, -0.2) is 9.97 Å². The third-order valence-electron chi connectivity index (χ3n) is 3.83. The molecule has 1 saturated carbocycles. The first kappa shape index (κ1) is 13.8. The number of anilines is 1. The van der Waals surface area contributed by atoms with Crippen molar-refractivity contribution < 1.29 is 0 Å². The number of nitrogens with one attached hydrogen (secondary N) is 1. The van der Waals surface area contributed by atoms with Gasteiger partial charge in [-0.1, -0.05) is 26.2 Å². The maximum atomic E-state index is 4.69. The lowest BCUT2D eigenvalue weighted by atomic mass is 9.80. The Morgan fingerprint density at radius 2 is 2.22 bits per heavy atom. The van der Waals surface area contributed by atoms with Gasteiger partial charge in [-0.15, -0.1) is 0 Å². The van der Waals surface area contributed by atoms with Crippen LogP contribution >= 0.6 is 15.9 Å². The van der Waals surface area contributed by atoms with E-state index in [9.17, 15) is 0 Å². The Balaban J connectivity index is 2.14. The fraction of sp³-hybridized carbons (Fsp3) is 0.714. The lowest BCUT2D eigenvalue weighted by Crippen LogP contribution is -2.16. The first-order chi connectivity index (χ1) is 8.74. The Kier molecular flexibility index (Phi) is 4.98. The fourth-order valence-electron chi connectivity index (χ4n) is 2.77. The number of nitrogens with zero attached hydrogens (tertiary/aromatic N) is 2. The van der Waals surface area contributed by atoms with Crippen LogP contribution in [0.4, 0.5) is 5.82 Å². The van der Waals surface area contributed by atoms with Crippen LogP contribution in [0.15, 0.2) is 10.7 Å². The zero-order chi connectivity index (χ0) is 13.0. The highest BCUT2D eigenvalue weighted by Crippen LogP contribution is 2.36. The van der Waals surface area contributed by atoms with E-state index in [0.29, 0.717) is 5.92 Å². The van der Waals surface area contributed by atoms with Crippen LogP contribution in [0.25, 0.3) is 0 Å². The van der Waals surface area contributed by atoms with Crippen LogP contribution < -0.4 is 5.32 Å². The Labute approximate surface area is 118 Å². The van der Waals surface area contributed by atoms with Gasteiger partial charge in [0.1, 0.15) is 11.6 Å². The Bertz CT molecular complexity index is 395. The van der Waals surface area contributed by atoms with Gasteiger partial charge < -0.3 is 5.32 Å². The molecule has 1 N–H and O–H groups in total. The average molecular weight is 312 g/mol. The van der Waals surface area contributed by atoms with Gasteiger partial charge in [-0.2, -0.15) is 0 Å². The molecule has 0 spiro atoms. The molecule has 3 nitrogen and oxygen atoms in total. The maximum Gasteiger partial charge on any atom is 0.144 e. The van der Waals surface area contributed by atoms with Crippen LogP contribution in [-0.4, -0.2) is 16.5 Å². The van der Waals surface area contributed by atoms with Gasteiger partial charge in [0.05, 0.1) is 4.47 Å². The smallest absolute Gasteiger partial charge is 0.144 e. The molecule has 0 bridgehead atoms. The van der Waals surface area contributed by atoms with Gasteiger partial charge in [0.2, 0.25) is 0 Å².